The highest BCUT2D eigenvalue weighted by molar-refractivity contribution is 7.89. The van der Waals surface area contributed by atoms with Crippen LogP contribution in [0.2, 0.25) is 0 Å². The van der Waals surface area contributed by atoms with E-state index in [4.69, 9.17) is 14.2 Å². The minimum Gasteiger partial charge on any atom is -0.497 e. The summed E-state index contributed by atoms with van der Waals surface area (Å²) in [6, 6.07) is 13.3. The van der Waals surface area contributed by atoms with Crippen LogP contribution in [0.25, 0.3) is 0 Å². The number of fused-ring (bicyclic) bond motifs is 1. The van der Waals surface area contributed by atoms with Crippen molar-refractivity contribution < 1.29 is 31.8 Å². The third kappa shape index (κ3) is 6.30. The standard InChI is InChI=1S/C26H29FN2O6S2/c1-33-15-14-28(37(31,32)22-9-7-20(34-2)8-10-22)17-26(30)29-13-11-25-23(12-16-36-25)24(29)18-35-21-5-3-19(27)4-6-21/h3-10,12,16,24H,11,13-15,17-18H2,1-2H3/t24-/m0/s1. The summed E-state index contributed by atoms with van der Waals surface area (Å²) in [6.07, 6.45) is 0.676. The normalized spacial score (nSPS) is 15.5. The molecule has 3 aromatic rings. The summed E-state index contributed by atoms with van der Waals surface area (Å²) >= 11 is 1.62. The maximum absolute atomic E-state index is 13.6. The molecule has 0 spiro atoms. The maximum atomic E-state index is 13.6. The van der Waals surface area contributed by atoms with Crippen molar-refractivity contribution in [1.29, 1.82) is 0 Å². The third-order valence-electron chi connectivity index (χ3n) is 6.19. The van der Waals surface area contributed by atoms with Gasteiger partial charge in [0.05, 0.1) is 31.2 Å². The topological polar surface area (TPSA) is 85.4 Å². The molecule has 1 aliphatic heterocycles. The van der Waals surface area contributed by atoms with Crippen LogP contribution in [0.1, 0.15) is 16.5 Å². The van der Waals surface area contributed by atoms with Gasteiger partial charge in [-0.3, -0.25) is 4.79 Å². The van der Waals surface area contributed by atoms with Crippen molar-refractivity contribution in [3.63, 3.8) is 0 Å². The molecule has 8 nitrogen and oxygen atoms in total. The Morgan fingerprint density at radius 3 is 2.46 bits per heavy atom. The molecule has 0 fully saturated rings. The second kappa shape index (κ2) is 12.0. The second-order valence-electron chi connectivity index (χ2n) is 8.42. The van der Waals surface area contributed by atoms with Crippen molar-refractivity contribution in [2.75, 3.05) is 47.1 Å². The van der Waals surface area contributed by atoms with Crippen LogP contribution in [0.5, 0.6) is 11.5 Å². The Labute approximate surface area is 220 Å². The maximum Gasteiger partial charge on any atom is 0.243 e. The highest BCUT2D eigenvalue weighted by Crippen LogP contribution is 2.34. The number of nitrogens with zero attached hydrogens (tertiary/aromatic N) is 2. The average molecular weight is 549 g/mol. The molecular weight excluding hydrogens is 519 g/mol. The zero-order valence-corrected chi connectivity index (χ0v) is 22.3. The van der Waals surface area contributed by atoms with Gasteiger partial charge in [0.25, 0.3) is 0 Å². The summed E-state index contributed by atoms with van der Waals surface area (Å²) in [5.41, 5.74) is 0.980. The minimum atomic E-state index is -3.97. The number of hydrogen-bond donors (Lipinski definition) is 0. The van der Waals surface area contributed by atoms with Crippen molar-refractivity contribution in [1.82, 2.24) is 9.21 Å². The second-order valence-corrected chi connectivity index (χ2v) is 11.4. The summed E-state index contributed by atoms with van der Waals surface area (Å²) < 4.78 is 57.5. The molecule has 1 atom stereocenters. The SMILES string of the molecule is COCCN(CC(=O)N1CCc2sccc2[C@@H]1COc1ccc(F)cc1)S(=O)(=O)c1ccc(OC)cc1. The average Bonchev–Trinajstić information content (AvgIpc) is 3.39. The number of ether oxygens (including phenoxy) is 3. The van der Waals surface area contributed by atoms with E-state index in [9.17, 15) is 17.6 Å². The van der Waals surface area contributed by atoms with Crippen molar-refractivity contribution in [3.05, 3.63) is 76.2 Å². The molecule has 2 heterocycles. The lowest BCUT2D eigenvalue weighted by atomic mass is 10.0. The number of rotatable bonds is 11. The summed E-state index contributed by atoms with van der Waals surface area (Å²) in [7, 11) is -0.994. The van der Waals surface area contributed by atoms with Crippen LogP contribution in [-0.4, -0.2) is 70.6 Å². The van der Waals surface area contributed by atoms with E-state index in [-0.39, 0.29) is 42.9 Å². The van der Waals surface area contributed by atoms with Crippen LogP contribution in [0.3, 0.4) is 0 Å². The van der Waals surface area contributed by atoms with E-state index < -0.39 is 16.1 Å². The molecular formula is C26H29FN2O6S2. The molecule has 198 valence electrons. The lowest BCUT2D eigenvalue weighted by Crippen LogP contribution is -2.48. The number of carbonyl (C=O) groups is 1. The molecule has 0 saturated carbocycles. The number of carbonyl (C=O) groups excluding carboxylic acids is 1. The van der Waals surface area contributed by atoms with Gasteiger partial charge < -0.3 is 19.1 Å². The van der Waals surface area contributed by atoms with E-state index in [2.05, 4.69) is 0 Å². The Bertz CT molecular complexity index is 1300. The Morgan fingerprint density at radius 2 is 1.78 bits per heavy atom. The smallest absolute Gasteiger partial charge is 0.243 e. The number of amides is 1. The number of benzene rings is 2. The van der Waals surface area contributed by atoms with Crippen LogP contribution < -0.4 is 9.47 Å². The predicted molar refractivity (Wildman–Crippen MR) is 138 cm³/mol. The molecule has 37 heavy (non-hydrogen) atoms. The lowest BCUT2D eigenvalue weighted by Gasteiger charge is -2.37. The Morgan fingerprint density at radius 1 is 1.08 bits per heavy atom. The lowest BCUT2D eigenvalue weighted by molar-refractivity contribution is -0.135. The number of thiophene rings is 1. The van der Waals surface area contributed by atoms with Gasteiger partial charge >= 0.3 is 0 Å². The fourth-order valence-electron chi connectivity index (χ4n) is 4.20. The highest BCUT2D eigenvalue weighted by atomic mass is 32.2. The molecule has 4 rings (SSSR count). The number of methoxy groups -OCH3 is 2. The van der Waals surface area contributed by atoms with E-state index >= 15 is 0 Å². The van der Waals surface area contributed by atoms with Gasteiger partial charge in [0.1, 0.15) is 23.9 Å². The van der Waals surface area contributed by atoms with Crippen LogP contribution in [0, 0.1) is 5.82 Å². The molecule has 1 aliphatic rings. The van der Waals surface area contributed by atoms with Gasteiger partial charge in [-0.05, 0) is 72.0 Å². The quantitative estimate of drug-likeness (QED) is 0.363. The molecule has 1 aromatic heterocycles. The van der Waals surface area contributed by atoms with Crippen LogP contribution in [0.4, 0.5) is 4.39 Å². The van der Waals surface area contributed by atoms with Crippen molar-refractivity contribution in [3.8, 4) is 11.5 Å². The largest absolute Gasteiger partial charge is 0.497 e. The van der Waals surface area contributed by atoms with Gasteiger partial charge in [0, 0.05) is 25.1 Å². The summed E-state index contributed by atoms with van der Waals surface area (Å²) in [5, 5.41) is 1.97. The van der Waals surface area contributed by atoms with Gasteiger partial charge in [-0.25, -0.2) is 12.8 Å². The first kappa shape index (κ1) is 27.1. The van der Waals surface area contributed by atoms with Crippen molar-refractivity contribution in [2.24, 2.45) is 0 Å². The summed E-state index contributed by atoms with van der Waals surface area (Å²) in [6.45, 7) is 0.401. The number of halogens is 1. The molecule has 0 bridgehead atoms. The van der Waals surface area contributed by atoms with Gasteiger partial charge in [-0.2, -0.15) is 4.31 Å². The minimum absolute atomic E-state index is 0.0187. The van der Waals surface area contributed by atoms with Gasteiger partial charge in [0.15, 0.2) is 0 Å². The predicted octanol–water partition coefficient (Wildman–Crippen LogP) is 3.74. The Hall–Kier alpha value is -2.99. The monoisotopic (exact) mass is 548 g/mol. The highest BCUT2D eigenvalue weighted by Gasteiger charge is 2.35. The van der Waals surface area contributed by atoms with Gasteiger partial charge in [-0.15, -0.1) is 11.3 Å². The molecule has 1 amide bonds. The van der Waals surface area contributed by atoms with Crippen LogP contribution in [-0.2, 0) is 26.0 Å². The Kier molecular flexibility index (Phi) is 8.80. The number of hydrogen-bond acceptors (Lipinski definition) is 7. The molecule has 0 radical (unpaired) electrons. The van der Waals surface area contributed by atoms with Gasteiger partial charge in [0.2, 0.25) is 15.9 Å². The summed E-state index contributed by atoms with van der Waals surface area (Å²) in [5.74, 6) is 0.316. The molecule has 2 aromatic carbocycles. The van der Waals surface area contributed by atoms with Gasteiger partial charge in [-0.1, -0.05) is 0 Å². The molecule has 0 saturated heterocycles. The zero-order valence-electron chi connectivity index (χ0n) is 20.6. The first-order chi connectivity index (χ1) is 17.8. The molecule has 11 heteroatoms. The van der Waals surface area contributed by atoms with Crippen molar-refractivity contribution in [2.45, 2.75) is 17.4 Å². The molecule has 0 unspecified atom stereocenters. The fourth-order valence-corrected chi connectivity index (χ4v) is 6.50. The van der Waals surface area contributed by atoms with Crippen molar-refractivity contribution >= 4 is 27.3 Å². The summed E-state index contributed by atoms with van der Waals surface area (Å²) in [4.78, 5) is 16.5. The fraction of sp³-hybridized carbons (Fsp3) is 0.346. The van der Waals surface area contributed by atoms with Crippen LogP contribution >= 0.6 is 11.3 Å². The van der Waals surface area contributed by atoms with Crippen LogP contribution in [0.15, 0.2) is 64.9 Å². The van der Waals surface area contributed by atoms with E-state index in [0.717, 1.165) is 9.87 Å². The Balaban J connectivity index is 1.55. The van der Waals surface area contributed by atoms with E-state index in [0.29, 0.717) is 24.5 Å². The van der Waals surface area contributed by atoms with E-state index in [1.54, 1.807) is 28.4 Å². The zero-order chi connectivity index (χ0) is 26.4. The first-order valence-electron chi connectivity index (χ1n) is 11.7. The third-order valence-corrected chi connectivity index (χ3v) is 9.05. The molecule has 0 N–H and O–H groups in total. The number of sulfonamides is 1. The van der Waals surface area contributed by atoms with E-state index in [1.807, 2.05) is 11.4 Å². The van der Waals surface area contributed by atoms with E-state index in [1.165, 1.54) is 55.5 Å². The molecule has 0 aliphatic carbocycles. The first-order valence-corrected chi connectivity index (χ1v) is 14.0.